The zero-order chi connectivity index (χ0) is 9.76. The third kappa shape index (κ3) is 0.826. The fourth-order valence-corrected chi connectivity index (χ4v) is 2.29. The Balaban J connectivity index is 2.05. The monoisotopic (exact) mass is 190 g/mol. The Kier molecular flexibility index (Phi) is 1.35. The Hall–Kier alpha value is -1.35. The first-order valence-corrected chi connectivity index (χ1v) is 4.73. The standard InChI is InChI=1S/C11H10O3/c12-10(13)11-6-5-7-3-1-2-4-8(7)9(11)14-11/h1-4,9H,5-6H2,(H,12,13)/t9-,11-/m0/s1. The molecule has 1 fully saturated rings. The van der Waals surface area contributed by atoms with E-state index in [1.807, 2.05) is 24.3 Å². The number of carboxylic acids is 1. The number of aryl methyl sites for hydroxylation is 1. The molecule has 72 valence electrons. The number of hydrogen-bond acceptors (Lipinski definition) is 2. The fourth-order valence-electron chi connectivity index (χ4n) is 2.29. The van der Waals surface area contributed by atoms with Crippen LogP contribution >= 0.6 is 0 Å². The van der Waals surface area contributed by atoms with Crippen LogP contribution < -0.4 is 0 Å². The van der Waals surface area contributed by atoms with Crippen LogP contribution in [0, 0.1) is 0 Å². The Labute approximate surface area is 81.3 Å². The van der Waals surface area contributed by atoms with Crippen LogP contribution in [0.25, 0.3) is 0 Å². The number of carbonyl (C=O) groups is 1. The summed E-state index contributed by atoms with van der Waals surface area (Å²) in [7, 11) is 0. The molecule has 1 aromatic carbocycles. The van der Waals surface area contributed by atoms with Crippen molar-refractivity contribution in [1.82, 2.24) is 0 Å². The Morgan fingerprint density at radius 1 is 1.50 bits per heavy atom. The number of aliphatic carboxylic acids is 1. The molecule has 3 rings (SSSR count). The van der Waals surface area contributed by atoms with Gasteiger partial charge in [0.25, 0.3) is 0 Å². The molecule has 2 aliphatic rings. The molecule has 0 amide bonds. The summed E-state index contributed by atoms with van der Waals surface area (Å²) < 4.78 is 5.35. The lowest BCUT2D eigenvalue weighted by molar-refractivity contribution is -0.143. The quantitative estimate of drug-likeness (QED) is 0.683. The minimum absolute atomic E-state index is 0.204. The van der Waals surface area contributed by atoms with E-state index in [1.165, 1.54) is 5.56 Å². The first-order chi connectivity index (χ1) is 6.74. The highest BCUT2D eigenvalue weighted by molar-refractivity contribution is 5.82. The van der Waals surface area contributed by atoms with E-state index in [1.54, 1.807) is 0 Å². The summed E-state index contributed by atoms with van der Waals surface area (Å²) in [5.41, 5.74) is 1.39. The number of ether oxygens (including phenoxy) is 1. The van der Waals surface area contributed by atoms with Crippen molar-refractivity contribution >= 4 is 5.97 Å². The molecular formula is C11H10O3. The van der Waals surface area contributed by atoms with Crippen molar-refractivity contribution in [2.45, 2.75) is 24.5 Å². The summed E-state index contributed by atoms with van der Waals surface area (Å²) in [5.74, 6) is -0.822. The summed E-state index contributed by atoms with van der Waals surface area (Å²) in [4.78, 5) is 11.0. The Morgan fingerprint density at radius 3 is 3.07 bits per heavy atom. The second-order valence-corrected chi connectivity index (χ2v) is 3.89. The lowest BCUT2D eigenvalue weighted by Crippen LogP contribution is -2.28. The normalized spacial score (nSPS) is 33.0. The maximum absolute atomic E-state index is 11.0. The van der Waals surface area contributed by atoms with Gasteiger partial charge in [-0.2, -0.15) is 0 Å². The minimum Gasteiger partial charge on any atom is -0.479 e. The van der Waals surface area contributed by atoms with E-state index in [4.69, 9.17) is 9.84 Å². The molecule has 1 N–H and O–H groups in total. The van der Waals surface area contributed by atoms with Crippen LogP contribution in [-0.4, -0.2) is 16.7 Å². The summed E-state index contributed by atoms with van der Waals surface area (Å²) in [6.07, 6.45) is 1.20. The van der Waals surface area contributed by atoms with Crippen LogP contribution in [0.4, 0.5) is 0 Å². The smallest absolute Gasteiger partial charge is 0.339 e. The summed E-state index contributed by atoms with van der Waals surface area (Å²) in [5, 5.41) is 9.04. The summed E-state index contributed by atoms with van der Waals surface area (Å²) in [6, 6.07) is 7.92. The molecule has 1 saturated heterocycles. The summed E-state index contributed by atoms with van der Waals surface area (Å²) in [6.45, 7) is 0. The molecule has 0 saturated carbocycles. The molecule has 0 bridgehead atoms. The SMILES string of the molecule is O=C(O)[C@]12CCc3ccccc3[C@@H]1O2. The molecule has 3 heteroatoms. The van der Waals surface area contributed by atoms with Crippen molar-refractivity contribution in [1.29, 1.82) is 0 Å². The van der Waals surface area contributed by atoms with Gasteiger partial charge in [0, 0.05) is 0 Å². The molecule has 0 spiro atoms. The van der Waals surface area contributed by atoms with E-state index in [0.29, 0.717) is 6.42 Å². The van der Waals surface area contributed by atoms with Crippen LogP contribution in [0.1, 0.15) is 23.7 Å². The van der Waals surface area contributed by atoms with Crippen LogP contribution in [0.5, 0.6) is 0 Å². The molecular weight excluding hydrogens is 180 g/mol. The molecule has 1 heterocycles. The molecule has 0 aromatic heterocycles. The van der Waals surface area contributed by atoms with Gasteiger partial charge in [0.1, 0.15) is 6.10 Å². The highest BCUT2D eigenvalue weighted by Crippen LogP contribution is 2.56. The number of benzene rings is 1. The lowest BCUT2D eigenvalue weighted by Gasteiger charge is -2.16. The first kappa shape index (κ1) is 8.00. The molecule has 0 radical (unpaired) electrons. The topological polar surface area (TPSA) is 49.8 Å². The Bertz CT molecular complexity index is 413. The van der Waals surface area contributed by atoms with Gasteiger partial charge in [-0.05, 0) is 24.0 Å². The average Bonchev–Trinajstić information content (AvgIpc) is 2.94. The largest absolute Gasteiger partial charge is 0.479 e. The van der Waals surface area contributed by atoms with E-state index in [-0.39, 0.29) is 6.10 Å². The lowest BCUT2D eigenvalue weighted by atomic mass is 9.84. The van der Waals surface area contributed by atoms with E-state index in [9.17, 15) is 4.79 Å². The Morgan fingerprint density at radius 2 is 2.29 bits per heavy atom. The van der Waals surface area contributed by atoms with Gasteiger partial charge in [0.15, 0.2) is 5.60 Å². The van der Waals surface area contributed by atoms with Crippen LogP contribution in [0.15, 0.2) is 24.3 Å². The number of fused-ring (bicyclic) bond motifs is 3. The second-order valence-electron chi connectivity index (χ2n) is 3.89. The van der Waals surface area contributed by atoms with Crippen molar-refractivity contribution in [3.05, 3.63) is 35.4 Å². The van der Waals surface area contributed by atoms with Gasteiger partial charge in [0.05, 0.1) is 0 Å². The number of carboxylic acid groups (broad SMARTS) is 1. The molecule has 1 aliphatic carbocycles. The van der Waals surface area contributed by atoms with E-state index < -0.39 is 11.6 Å². The zero-order valence-electron chi connectivity index (χ0n) is 7.56. The van der Waals surface area contributed by atoms with Crippen molar-refractivity contribution in [2.75, 3.05) is 0 Å². The fraction of sp³-hybridized carbons (Fsp3) is 0.364. The number of hydrogen-bond donors (Lipinski definition) is 1. The third-order valence-electron chi connectivity index (χ3n) is 3.16. The van der Waals surface area contributed by atoms with Gasteiger partial charge in [-0.1, -0.05) is 24.3 Å². The predicted octanol–water partition coefficient (Wildman–Crippen LogP) is 1.53. The number of rotatable bonds is 1. The second kappa shape index (κ2) is 2.36. The van der Waals surface area contributed by atoms with E-state index in [2.05, 4.69) is 0 Å². The highest BCUT2D eigenvalue weighted by atomic mass is 16.6. The van der Waals surface area contributed by atoms with Crippen LogP contribution in [0.3, 0.4) is 0 Å². The number of epoxide rings is 1. The van der Waals surface area contributed by atoms with Crippen LogP contribution in [0.2, 0.25) is 0 Å². The third-order valence-corrected chi connectivity index (χ3v) is 3.16. The van der Waals surface area contributed by atoms with Gasteiger partial charge in [0.2, 0.25) is 0 Å². The molecule has 3 nitrogen and oxygen atoms in total. The van der Waals surface area contributed by atoms with Gasteiger partial charge in [-0.25, -0.2) is 4.79 Å². The predicted molar refractivity (Wildman–Crippen MR) is 49.0 cm³/mol. The van der Waals surface area contributed by atoms with Crippen molar-refractivity contribution in [3.63, 3.8) is 0 Å². The zero-order valence-corrected chi connectivity index (χ0v) is 7.56. The average molecular weight is 190 g/mol. The van der Waals surface area contributed by atoms with Gasteiger partial charge in [-0.15, -0.1) is 0 Å². The molecule has 1 aromatic rings. The van der Waals surface area contributed by atoms with Crippen LogP contribution in [-0.2, 0) is 16.0 Å². The van der Waals surface area contributed by atoms with Crippen molar-refractivity contribution in [2.24, 2.45) is 0 Å². The molecule has 1 aliphatic heterocycles. The van der Waals surface area contributed by atoms with E-state index in [0.717, 1.165) is 12.0 Å². The molecule has 2 atom stereocenters. The minimum atomic E-state index is -0.894. The van der Waals surface area contributed by atoms with Gasteiger partial charge < -0.3 is 9.84 Å². The van der Waals surface area contributed by atoms with Crippen molar-refractivity contribution in [3.8, 4) is 0 Å². The molecule has 0 unspecified atom stereocenters. The van der Waals surface area contributed by atoms with Crippen molar-refractivity contribution < 1.29 is 14.6 Å². The van der Waals surface area contributed by atoms with Gasteiger partial charge >= 0.3 is 5.97 Å². The summed E-state index contributed by atoms with van der Waals surface area (Å²) >= 11 is 0. The maximum Gasteiger partial charge on any atom is 0.339 e. The molecule has 14 heavy (non-hydrogen) atoms. The van der Waals surface area contributed by atoms with Gasteiger partial charge in [-0.3, -0.25) is 0 Å². The van der Waals surface area contributed by atoms with E-state index >= 15 is 0 Å². The highest BCUT2D eigenvalue weighted by Gasteiger charge is 2.65. The first-order valence-electron chi connectivity index (χ1n) is 4.73. The maximum atomic E-state index is 11.0.